The Hall–Kier alpha value is -0.580. The lowest BCUT2D eigenvalue weighted by Crippen LogP contribution is -2.34. The van der Waals surface area contributed by atoms with Gasteiger partial charge < -0.3 is 10.1 Å². The van der Waals surface area contributed by atoms with E-state index in [1.807, 2.05) is 4.68 Å². The normalized spacial score (nSPS) is 13.2. The first-order chi connectivity index (χ1) is 9.10. The molecule has 1 aromatic rings. The number of halogens is 1. The molecule has 0 amide bonds. The molecule has 0 aromatic carbocycles. The van der Waals surface area contributed by atoms with E-state index in [4.69, 9.17) is 16.3 Å². The minimum absolute atomic E-state index is 0.520. The Morgan fingerprint density at radius 1 is 1.47 bits per heavy atom. The second kappa shape index (κ2) is 8.56. The van der Waals surface area contributed by atoms with Crippen LogP contribution in [0.4, 0.5) is 0 Å². The van der Waals surface area contributed by atoms with Crippen molar-refractivity contribution in [1.82, 2.24) is 15.1 Å². The minimum Gasteiger partial charge on any atom is -0.383 e. The van der Waals surface area contributed by atoms with Crippen molar-refractivity contribution in [3.05, 3.63) is 16.9 Å². The molecular formula is C14H26ClN3O. The van der Waals surface area contributed by atoms with E-state index in [1.54, 1.807) is 13.3 Å². The molecule has 1 aromatic heterocycles. The number of ether oxygens (including phenoxy) is 1. The van der Waals surface area contributed by atoms with Crippen molar-refractivity contribution in [2.75, 3.05) is 20.3 Å². The molecule has 4 nitrogen and oxygen atoms in total. The average Bonchev–Trinajstić information content (AvgIpc) is 2.72. The maximum atomic E-state index is 6.22. The van der Waals surface area contributed by atoms with Crippen LogP contribution in [-0.4, -0.2) is 36.1 Å². The van der Waals surface area contributed by atoms with Crippen molar-refractivity contribution in [1.29, 1.82) is 0 Å². The molecule has 0 aliphatic heterocycles. The Balaban J connectivity index is 2.62. The fourth-order valence-corrected chi connectivity index (χ4v) is 2.47. The van der Waals surface area contributed by atoms with Crippen LogP contribution in [-0.2, 0) is 17.7 Å². The third kappa shape index (κ3) is 5.13. The fourth-order valence-electron chi connectivity index (χ4n) is 2.23. The highest BCUT2D eigenvalue weighted by Crippen LogP contribution is 2.19. The van der Waals surface area contributed by atoms with Crippen LogP contribution in [0.3, 0.4) is 0 Å². The molecule has 5 heteroatoms. The number of nitrogens with one attached hydrogen (secondary N) is 1. The Bertz CT molecular complexity index is 366. The predicted molar refractivity (Wildman–Crippen MR) is 79.7 cm³/mol. The lowest BCUT2D eigenvalue weighted by atomic mass is 9.98. The zero-order chi connectivity index (χ0) is 14.3. The maximum absolute atomic E-state index is 6.22. The summed E-state index contributed by atoms with van der Waals surface area (Å²) < 4.78 is 7.05. The van der Waals surface area contributed by atoms with E-state index in [0.29, 0.717) is 18.6 Å². The van der Waals surface area contributed by atoms with Gasteiger partial charge in [0.25, 0.3) is 0 Å². The Kier molecular flexibility index (Phi) is 7.42. The zero-order valence-corrected chi connectivity index (χ0v) is 13.2. The summed E-state index contributed by atoms with van der Waals surface area (Å²) in [6.45, 7) is 9.05. The lowest BCUT2D eigenvalue weighted by molar-refractivity contribution is 0.182. The quantitative estimate of drug-likeness (QED) is 0.759. The summed E-state index contributed by atoms with van der Waals surface area (Å²) in [5, 5.41) is 8.59. The van der Waals surface area contributed by atoms with E-state index in [9.17, 15) is 0 Å². The van der Waals surface area contributed by atoms with Crippen LogP contribution in [0, 0.1) is 5.92 Å². The molecule has 0 spiro atoms. The molecule has 1 atom stereocenters. The first kappa shape index (κ1) is 16.5. The first-order valence-electron chi connectivity index (χ1n) is 7.02. The van der Waals surface area contributed by atoms with E-state index in [1.165, 1.54) is 0 Å². The summed E-state index contributed by atoms with van der Waals surface area (Å²) in [7, 11) is 1.70. The number of aromatic nitrogens is 2. The monoisotopic (exact) mass is 287 g/mol. The maximum Gasteiger partial charge on any atom is 0.0817 e. The predicted octanol–water partition coefficient (Wildman–Crippen LogP) is 2.75. The van der Waals surface area contributed by atoms with Crippen LogP contribution < -0.4 is 5.32 Å². The van der Waals surface area contributed by atoms with Gasteiger partial charge in [-0.2, -0.15) is 5.10 Å². The van der Waals surface area contributed by atoms with Crippen molar-refractivity contribution in [2.45, 2.75) is 46.2 Å². The van der Waals surface area contributed by atoms with Crippen molar-refractivity contribution in [3.8, 4) is 0 Å². The smallest absolute Gasteiger partial charge is 0.0817 e. The van der Waals surface area contributed by atoms with E-state index in [2.05, 4.69) is 31.2 Å². The Morgan fingerprint density at radius 2 is 2.21 bits per heavy atom. The summed E-state index contributed by atoms with van der Waals surface area (Å²) in [5.74, 6) is 0.620. The average molecular weight is 288 g/mol. The highest BCUT2D eigenvalue weighted by atomic mass is 35.5. The van der Waals surface area contributed by atoms with Crippen LogP contribution in [0.25, 0.3) is 0 Å². The van der Waals surface area contributed by atoms with Gasteiger partial charge in [0.05, 0.1) is 30.1 Å². The second-order valence-electron chi connectivity index (χ2n) is 5.10. The molecule has 0 fully saturated rings. The molecule has 19 heavy (non-hydrogen) atoms. The van der Waals surface area contributed by atoms with Crippen LogP contribution in [0.1, 0.15) is 32.9 Å². The topological polar surface area (TPSA) is 39.1 Å². The number of rotatable bonds is 9. The molecule has 0 saturated carbocycles. The van der Waals surface area contributed by atoms with Crippen LogP contribution in [0.2, 0.25) is 5.02 Å². The lowest BCUT2D eigenvalue weighted by Gasteiger charge is -2.22. The summed E-state index contributed by atoms with van der Waals surface area (Å²) in [5.41, 5.74) is 1.11. The number of hydrogen-bond donors (Lipinski definition) is 1. The van der Waals surface area contributed by atoms with Crippen LogP contribution in [0.5, 0.6) is 0 Å². The highest BCUT2D eigenvalue weighted by molar-refractivity contribution is 6.31. The number of hydrogen-bond acceptors (Lipinski definition) is 3. The van der Waals surface area contributed by atoms with Gasteiger partial charge in [0, 0.05) is 13.2 Å². The standard InChI is InChI=1S/C14H26ClN3O/c1-5-16-13(11(2)3)6-7-14-12(15)10-17-18(14)8-9-19-4/h10-11,13,16H,5-9H2,1-4H3. The molecule has 0 saturated heterocycles. The summed E-state index contributed by atoms with van der Waals surface area (Å²) in [6.07, 6.45) is 3.74. The fraction of sp³-hybridized carbons (Fsp3) is 0.786. The SMILES string of the molecule is CCNC(CCc1c(Cl)cnn1CCOC)C(C)C. The minimum atomic E-state index is 0.520. The molecule has 0 radical (unpaired) electrons. The van der Waals surface area contributed by atoms with Crippen molar-refractivity contribution in [3.63, 3.8) is 0 Å². The molecule has 0 aliphatic rings. The Morgan fingerprint density at radius 3 is 2.79 bits per heavy atom. The van der Waals surface area contributed by atoms with Gasteiger partial charge in [0.15, 0.2) is 0 Å². The van der Waals surface area contributed by atoms with E-state index < -0.39 is 0 Å². The van der Waals surface area contributed by atoms with E-state index >= 15 is 0 Å². The van der Waals surface area contributed by atoms with Crippen LogP contribution in [0.15, 0.2) is 6.20 Å². The third-order valence-corrected chi connectivity index (χ3v) is 3.68. The first-order valence-corrected chi connectivity index (χ1v) is 7.40. The van der Waals surface area contributed by atoms with E-state index in [-0.39, 0.29) is 0 Å². The molecular weight excluding hydrogens is 262 g/mol. The van der Waals surface area contributed by atoms with Gasteiger partial charge in [-0.15, -0.1) is 0 Å². The number of nitrogens with zero attached hydrogens (tertiary/aromatic N) is 2. The van der Waals surface area contributed by atoms with Crippen molar-refractivity contribution >= 4 is 11.6 Å². The van der Waals surface area contributed by atoms with Crippen LogP contribution >= 0.6 is 11.6 Å². The summed E-state index contributed by atoms with van der Waals surface area (Å²) in [4.78, 5) is 0. The molecule has 110 valence electrons. The highest BCUT2D eigenvalue weighted by Gasteiger charge is 2.15. The summed E-state index contributed by atoms with van der Waals surface area (Å²) in [6, 6.07) is 0.520. The van der Waals surface area contributed by atoms with Gasteiger partial charge in [-0.3, -0.25) is 4.68 Å². The van der Waals surface area contributed by atoms with Gasteiger partial charge in [-0.05, 0) is 25.3 Å². The molecule has 1 heterocycles. The number of methoxy groups -OCH3 is 1. The van der Waals surface area contributed by atoms with Gasteiger partial charge in [-0.1, -0.05) is 32.4 Å². The van der Waals surface area contributed by atoms with Crippen molar-refractivity contribution < 1.29 is 4.74 Å². The van der Waals surface area contributed by atoms with Gasteiger partial charge in [0.2, 0.25) is 0 Å². The zero-order valence-electron chi connectivity index (χ0n) is 12.4. The molecule has 0 bridgehead atoms. The second-order valence-corrected chi connectivity index (χ2v) is 5.51. The largest absolute Gasteiger partial charge is 0.383 e. The molecule has 1 rings (SSSR count). The summed E-state index contributed by atoms with van der Waals surface area (Å²) >= 11 is 6.22. The van der Waals surface area contributed by atoms with Gasteiger partial charge >= 0.3 is 0 Å². The molecule has 1 unspecified atom stereocenters. The third-order valence-electron chi connectivity index (χ3n) is 3.37. The van der Waals surface area contributed by atoms with Gasteiger partial charge in [-0.25, -0.2) is 0 Å². The van der Waals surface area contributed by atoms with E-state index in [0.717, 1.165) is 36.6 Å². The molecule has 0 aliphatic carbocycles. The van der Waals surface area contributed by atoms with Crippen molar-refractivity contribution in [2.24, 2.45) is 5.92 Å². The van der Waals surface area contributed by atoms with Gasteiger partial charge in [0.1, 0.15) is 0 Å². The molecule has 1 N–H and O–H groups in total. The Labute approximate surface area is 121 Å².